The van der Waals surface area contributed by atoms with Crippen molar-refractivity contribution in [3.63, 3.8) is 0 Å². The van der Waals surface area contributed by atoms with Crippen molar-refractivity contribution < 1.29 is 4.74 Å². The topological polar surface area (TPSA) is 64.0 Å². The van der Waals surface area contributed by atoms with Crippen molar-refractivity contribution in [3.05, 3.63) is 42.1 Å². The molecule has 1 aromatic carbocycles. The zero-order valence-corrected chi connectivity index (χ0v) is 8.84. The number of nitrogens with two attached hydrogens (primary N) is 1. The Morgan fingerprint density at radius 3 is 2.56 bits per heavy atom. The number of hydrogen-bond acceptors (Lipinski definition) is 3. The highest BCUT2D eigenvalue weighted by atomic mass is 16.5. The smallest absolute Gasteiger partial charge is 0.224 e. The zero-order chi connectivity index (χ0) is 11.5. The summed E-state index contributed by atoms with van der Waals surface area (Å²) in [4.78, 5) is 0. The van der Waals surface area contributed by atoms with Crippen molar-refractivity contribution in [1.29, 1.82) is 5.26 Å². The molecule has 0 bridgehead atoms. The molecule has 0 aliphatic heterocycles. The fraction of sp³-hybridized carbons (Fsp3) is 0.0833. The summed E-state index contributed by atoms with van der Waals surface area (Å²) in [5.74, 6) is 1.18. The van der Waals surface area contributed by atoms with Gasteiger partial charge in [-0.1, -0.05) is 18.2 Å². The van der Waals surface area contributed by atoms with E-state index in [1.807, 2.05) is 36.4 Å². The summed E-state index contributed by atoms with van der Waals surface area (Å²) in [6.07, 6.45) is 0. The normalized spacial score (nSPS) is 9.75. The SMILES string of the molecule is Cn1c(C#N)cc(N)c1Oc1ccccc1. The van der Waals surface area contributed by atoms with Crippen LogP contribution in [0.2, 0.25) is 0 Å². The van der Waals surface area contributed by atoms with Gasteiger partial charge in [0.25, 0.3) is 0 Å². The van der Waals surface area contributed by atoms with Gasteiger partial charge in [0, 0.05) is 13.1 Å². The van der Waals surface area contributed by atoms with Crippen molar-refractivity contribution in [2.24, 2.45) is 7.05 Å². The van der Waals surface area contributed by atoms with E-state index in [9.17, 15) is 0 Å². The number of rotatable bonds is 2. The molecule has 80 valence electrons. The molecule has 0 unspecified atom stereocenters. The maximum atomic E-state index is 8.84. The van der Waals surface area contributed by atoms with Crippen molar-refractivity contribution in [3.8, 4) is 17.7 Å². The minimum absolute atomic E-state index is 0.461. The monoisotopic (exact) mass is 213 g/mol. The van der Waals surface area contributed by atoms with Gasteiger partial charge in [-0.05, 0) is 12.1 Å². The van der Waals surface area contributed by atoms with Crippen LogP contribution in [0.4, 0.5) is 5.69 Å². The van der Waals surface area contributed by atoms with Gasteiger partial charge in [0.15, 0.2) is 0 Å². The van der Waals surface area contributed by atoms with E-state index in [2.05, 4.69) is 0 Å². The molecule has 2 rings (SSSR count). The molecule has 0 saturated carbocycles. The molecule has 0 aliphatic rings. The number of anilines is 1. The van der Waals surface area contributed by atoms with Crippen LogP contribution in [-0.2, 0) is 7.05 Å². The predicted octanol–water partition coefficient (Wildman–Crippen LogP) is 2.27. The lowest BCUT2D eigenvalue weighted by molar-refractivity contribution is 0.444. The van der Waals surface area contributed by atoms with E-state index in [0.29, 0.717) is 23.0 Å². The van der Waals surface area contributed by atoms with Crippen molar-refractivity contribution in [1.82, 2.24) is 4.57 Å². The average Bonchev–Trinajstić information content (AvgIpc) is 2.58. The Labute approximate surface area is 93.5 Å². The van der Waals surface area contributed by atoms with Gasteiger partial charge >= 0.3 is 0 Å². The number of ether oxygens (including phenoxy) is 1. The van der Waals surface area contributed by atoms with Crippen LogP contribution in [0.3, 0.4) is 0 Å². The molecule has 2 N–H and O–H groups in total. The van der Waals surface area contributed by atoms with Crippen molar-refractivity contribution in [2.45, 2.75) is 0 Å². The molecule has 1 heterocycles. The Morgan fingerprint density at radius 2 is 2.00 bits per heavy atom. The number of para-hydroxylation sites is 1. The molecular weight excluding hydrogens is 202 g/mol. The molecule has 2 aromatic rings. The second-order valence-corrected chi connectivity index (χ2v) is 3.38. The number of aromatic nitrogens is 1. The summed E-state index contributed by atoms with van der Waals surface area (Å²) >= 11 is 0. The largest absolute Gasteiger partial charge is 0.439 e. The van der Waals surface area contributed by atoms with Gasteiger partial charge in [-0.3, -0.25) is 0 Å². The molecule has 0 amide bonds. The summed E-state index contributed by atoms with van der Waals surface area (Å²) in [6, 6.07) is 13.0. The van der Waals surface area contributed by atoms with Crippen LogP contribution in [0.15, 0.2) is 36.4 Å². The summed E-state index contributed by atoms with van der Waals surface area (Å²) in [5, 5.41) is 8.84. The lowest BCUT2D eigenvalue weighted by atomic mass is 10.3. The molecule has 16 heavy (non-hydrogen) atoms. The fourth-order valence-corrected chi connectivity index (χ4v) is 1.44. The molecule has 0 atom stereocenters. The first kappa shape index (κ1) is 10.1. The second kappa shape index (κ2) is 3.99. The summed E-state index contributed by atoms with van der Waals surface area (Å²) in [7, 11) is 1.74. The van der Waals surface area contributed by atoms with E-state index in [0.717, 1.165) is 0 Å². The van der Waals surface area contributed by atoms with Gasteiger partial charge < -0.3 is 15.0 Å². The van der Waals surface area contributed by atoms with Crippen LogP contribution in [-0.4, -0.2) is 4.57 Å². The molecule has 4 nitrogen and oxygen atoms in total. The number of benzene rings is 1. The van der Waals surface area contributed by atoms with Gasteiger partial charge in [0.1, 0.15) is 17.5 Å². The Bertz CT molecular complexity index is 537. The van der Waals surface area contributed by atoms with Gasteiger partial charge in [-0.2, -0.15) is 5.26 Å². The minimum Gasteiger partial charge on any atom is -0.439 e. The van der Waals surface area contributed by atoms with Crippen LogP contribution < -0.4 is 10.5 Å². The highest BCUT2D eigenvalue weighted by Gasteiger charge is 2.11. The van der Waals surface area contributed by atoms with Gasteiger partial charge in [0.05, 0.1) is 5.69 Å². The first-order valence-corrected chi connectivity index (χ1v) is 4.80. The maximum Gasteiger partial charge on any atom is 0.224 e. The van der Waals surface area contributed by atoms with Crippen molar-refractivity contribution >= 4 is 5.69 Å². The van der Waals surface area contributed by atoms with E-state index in [1.165, 1.54) is 0 Å². The third kappa shape index (κ3) is 1.71. The lowest BCUT2D eigenvalue weighted by Gasteiger charge is -2.07. The van der Waals surface area contributed by atoms with Crippen LogP contribution in [0.1, 0.15) is 5.69 Å². The molecule has 0 radical (unpaired) electrons. The summed E-state index contributed by atoms with van der Waals surface area (Å²) < 4.78 is 7.24. The Hall–Kier alpha value is -2.41. The molecular formula is C12H11N3O. The summed E-state index contributed by atoms with van der Waals surface area (Å²) in [5.41, 5.74) is 6.71. The third-order valence-electron chi connectivity index (χ3n) is 2.28. The van der Waals surface area contributed by atoms with E-state index in [-0.39, 0.29) is 0 Å². The van der Waals surface area contributed by atoms with E-state index in [4.69, 9.17) is 15.7 Å². The van der Waals surface area contributed by atoms with Crippen LogP contribution in [0.5, 0.6) is 11.6 Å². The Morgan fingerprint density at radius 1 is 1.31 bits per heavy atom. The standard InChI is InChI=1S/C12H11N3O/c1-15-9(8-13)7-11(14)12(15)16-10-5-3-2-4-6-10/h2-7H,14H2,1H3. The van der Waals surface area contributed by atoms with Crippen LogP contribution >= 0.6 is 0 Å². The Kier molecular flexibility index (Phi) is 2.52. The first-order valence-electron chi connectivity index (χ1n) is 4.80. The van der Waals surface area contributed by atoms with Crippen molar-refractivity contribution in [2.75, 3.05) is 5.73 Å². The zero-order valence-electron chi connectivity index (χ0n) is 8.84. The minimum atomic E-state index is 0.461. The summed E-state index contributed by atoms with van der Waals surface area (Å²) in [6.45, 7) is 0. The van der Waals surface area contributed by atoms with Gasteiger partial charge in [-0.15, -0.1) is 0 Å². The first-order chi connectivity index (χ1) is 7.72. The Balaban J connectivity index is 2.36. The van der Waals surface area contributed by atoms with E-state index in [1.54, 1.807) is 17.7 Å². The number of nitrogen functional groups attached to an aromatic ring is 1. The van der Waals surface area contributed by atoms with E-state index < -0.39 is 0 Å². The molecule has 4 heteroatoms. The molecule has 0 aliphatic carbocycles. The van der Waals surface area contributed by atoms with Crippen LogP contribution in [0, 0.1) is 11.3 Å². The predicted molar refractivity (Wildman–Crippen MR) is 61.1 cm³/mol. The highest BCUT2D eigenvalue weighted by molar-refractivity contribution is 5.56. The number of hydrogen-bond donors (Lipinski definition) is 1. The maximum absolute atomic E-state index is 8.84. The van der Waals surface area contributed by atoms with Gasteiger partial charge in [-0.25, -0.2) is 0 Å². The molecule has 0 spiro atoms. The number of nitrogens with zero attached hydrogens (tertiary/aromatic N) is 2. The second-order valence-electron chi connectivity index (χ2n) is 3.38. The number of nitriles is 1. The van der Waals surface area contributed by atoms with Gasteiger partial charge in [0.2, 0.25) is 5.88 Å². The van der Waals surface area contributed by atoms with Crippen LogP contribution in [0.25, 0.3) is 0 Å². The molecule has 0 fully saturated rings. The highest BCUT2D eigenvalue weighted by Crippen LogP contribution is 2.29. The molecule has 1 aromatic heterocycles. The fourth-order valence-electron chi connectivity index (χ4n) is 1.44. The lowest BCUT2D eigenvalue weighted by Crippen LogP contribution is -1.97. The quantitative estimate of drug-likeness (QED) is 0.832. The average molecular weight is 213 g/mol. The molecule has 0 saturated heterocycles. The third-order valence-corrected chi connectivity index (χ3v) is 2.28. The van der Waals surface area contributed by atoms with E-state index >= 15 is 0 Å².